The third kappa shape index (κ3) is 1.14. The van der Waals surface area contributed by atoms with Gasteiger partial charge in [0, 0.05) is 0 Å². The van der Waals surface area contributed by atoms with Gasteiger partial charge in [0.25, 0.3) is 0 Å². The molecule has 0 nitrogen and oxygen atoms in total. The van der Waals surface area contributed by atoms with Crippen LogP contribution in [-0.4, -0.2) is 0 Å². The van der Waals surface area contributed by atoms with Gasteiger partial charge in [-0.2, -0.15) is 0 Å². The Balaban J connectivity index is 3.27. The van der Waals surface area contributed by atoms with Crippen LogP contribution in [0.3, 0.4) is 0 Å². The first-order valence-corrected chi connectivity index (χ1v) is 4.74. The van der Waals surface area contributed by atoms with Crippen molar-refractivity contribution in [1.29, 1.82) is 0 Å². The number of allylic oxidation sites excluding steroid dienone is 4. The van der Waals surface area contributed by atoms with E-state index in [2.05, 4.69) is 52.9 Å². The van der Waals surface area contributed by atoms with E-state index in [1.165, 1.54) is 20.9 Å². The van der Waals surface area contributed by atoms with Gasteiger partial charge in [0.1, 0.15) is 0 Å². The molecule has 0 aromatic carbocycles. The van der Waals surface area contributed by atoms with Gasteiger partial charge in [-0.05, 0) is 0 Å². The van der Waals surface area contributed by atoms with Gasteiger partial charge in [0.15, 0.2) is 0 Å². The third-order valence-electron chi connectivity index (χ3n) is 2.90. The molecular weight excluding hydrogens is 223 g/mol. The second kappa shape index (κ2) is 2.55. The summed E-state index contributed by atoms with van der Waals surface area (Å²) in [4.78, 5) is 0. The normalized spacial score (nSPS) is 23.5. The van der Waals surface area contributed by atoms with E-state index in [4.69, 9.17) is 0 Å². The molecule has 0 aliphatic heterocycles. The Labute approximate surface area is 79.4 Å². The second-order valence-electron chi connectivity index (χ2n) is 3.79. The Morgan fingerprint density at radius 1 is 1.00 bits per heavy atom. The summed E-state index contributed by atoms with van der Waals surface area (Å²) in [5.41, 5.74) is 4.68. The summed E-state index contributed by atoms with van der Waals surface area (Å²) in [7, 11) is 0. The molecule has 0 aromatic rings. The Bertz CT molecular complexity index is 228. The monoisotopic (exact) mass is 238 g/mol. The van der Waals surface area contributed by atoms with E-state index in [9.17, 15) is 0 Å². The first-order valence-electron chi connectivity index (χ1n) is 3.92. The average molecular weight is 238 g/mol. The third-order valence-corrected chi connectivity index (χ3v) is 4.53. The van der Waals surface area contributed by atoms with E-state index in [0.29, 0.717) is 0 Å². The molecule has 0 saturated carbocycles. The molecule has 0 heterocycles. The molecule has 1 aliphatic carbocycles. The van der Waals surface area contributed by atoms with Crippen LogP contribution in [0.1, 0.15) is 34.6 Å². The van der Waals surface area contributed by atoms with Crippen molar-refractivity contribution < 1.29 is 18.3 Å². The van der Waals surface area contributed by atoms with E-state index in [0.717, 1.165) is 0 Å². The molecule has 1 rings (SSSR count). The zero-order valence-corrected chi connectivity index (χ0v) is 9.47. The molecule has 0 aromatic heterocycles. The average Bonchev–Trinajstić information content (AvgIpc) is 2.06. The fourth-order valence-electron chi connectivity index (χ4n) is 1.53. The van der Waals surface area contributed by atoms with Crippen LogP contribution in [0.25, 0.3) is 0 Å². The number of rotatable bonds is 0. The van der Waals surface area contributed by atoms with Crippen molar-refractivity contribution in [3.63, 3.8) is 0 Å². The quantitative estimate of drug-likeness (QED) is 0.568. The van der Waals surface area contributed by atoms with Gasteiger partial charge in [0.05, 0.1) is 0 Å². The summed E-state index contributed by atoms with van der Waals surface area (Å²) in [5.74, 6) is 0. The van der Waals surface area contributed by atoms with E-state index in [1.807, 2.05) is 0 Å². The molecular formula is C10H15Rh. The fourth-order valence-corrected chi connectivity index (χ4v) is 2.15. The molecule has 1 aliphatic rings. The maximum atomic E-state index is 3.07. The van der Waals surface area contributed by atoms with Crippen LogP contribution in [0.15, 0.2) is 20.9 Å². The molecule has 0 amide bonds. The zero-order chi connectivity index (χ0) is 8.81. The Morgan fingerprint density at radius 3 is 1.55 bits per heavy atom. The Kier molecular flexibility index (Phi) is 2.14. The molecule has 0 saturated heterocycles. The van der Waals surface area contributed by atoms with E-state index >= 15 is 0 Å². The van der Waals surface area contributed by atoms with E-state index < -0.39 is 0 Å². The fraction of sp³-hybridized carbons (Fsp3) is 0.600. The van der Waals surface area contributed by atoms with Gasteiger partial charge in [-0.3, -0.25) is 0 Å². The van der Waals surface area contributed by atoms with Crippen LogP contribution < -0.4 is 0 Å². The van der Waals surface area contributed by atoms with Gasteiger partial charge in [-0.15, -0.1) is 0 Å². The first-order chi connectivity index (χ1) is 4.89. The topological polar surface area (TPSA) is 0 Å². The Hall–Kier alpha value is 0.103. The molecule has 0 N–H and O–H groups in total. The molecule has 0 atom stereocenters. The predicted octanol–water partition coefficient (Wildman–Crippen LogP) is 3.18. The van der Waals surface area contributed by atoms with Crippen LogP contribution >= 0.6 is 0 Å². The van der Waals surface area contributed by atoms with Gasteiger partial charge in [-0.25, -0.2) is 0 Å². The van der Waals surface area contributed by atoms with Gasteiger partial charge < -0.3 is 0 Å². The molecule has 0 spiro atoms. The molecule has 0 unspecified atom stereocenters. The SMILES string of the molecule is CC1=C(C)C(C)(C)[C]([Rh])=C1C. The van der Waals surface area contributed by atoms with Gasteiger partial charge in [0.2, 0.25) is 0 Å². The molecule has 0 radical (unpaired) electrons. The van der Waals surface area contributed by atoms with Crippen molar-refractivity contribution in [1.82, 2.24) is 0 Å². The van der Waals surface area contributed by atoms with Gasteiger partial charge >= 0.3 is 79.2 Å². The zero-order valence-electron chi connectivity index (χ0n) is 7.83. The Morgan fingerprint density at radius 2 is 1.45 bits per heavy atom. The molecule has 1 heteroatoms. The summed E-state index contributed by atoms with van der Waals surface area (Å²) in [6.07, 6.45) is 0. The van der Waals surface area contributed by atoms with E-state index in [1.54, 1.807) is 0 Å². The summed E-state index contributed by atoms with van der Waals surface area (Å²) in [5, 5.41) is 0. The summed E-state index contributed by atoms with van der Waals surface area (Å²) < 4.78 is 1.42. The van der Waals surface area contributed by atoms with Crippen LogP contribution in [0.5, 0.6) is 0 Å². The van der Waals surface area contributed by atoms with Crippen molar-refractivity contribution in [2.45, 2.75) is 34.6 Å². The predicted molar refractivity (Wildman–Crippen MR) is 44.9 cm³/mol. The minimum atomic E-state index is 0.265. The standard InChI is InChI=1S/C10H15.Rh/c1-7-6-10(4,5)9(3)8(7)2;/h1-5H3;. The molecule has 0 bridgehead atoms. The molecule has 11 heavy (non-hydrogen) atoms. The van der Waals surface area contributed by atoms with Crippen molar-refractivity contribution in [2.24, 2.45) is 5.41 Å². The van der Waals surface area contributed by atoms with Crippen molar-refractivity contribution in [2.75, 3.05) is 0 Å². The number of hydrogen-bond donors (Lipinski definition) is 0. The van der Waals surface area contributed by atoms with E-state index in [-0.39, 0.29) is 5.41 Å². The van der Waals surface area contributed by atoms with Crippen molar-refractivity contribution in [3.8, 4) is 0 Å². The summed E-state index contributed by atoms with van der Waals surface area (Å²) in [6.45, 7) is 11.2. The summed E-state index contributed by atoms with van der Waals surface area (Å²) >= 11 is 3.07. The van der Waals surface area contributed by atoms with Crippen LogP contribution in [0, 0.1) is 5.41 Å². The van der Waals surface area contributed by atoms with Crippen molar-refractivity contribution >= 4 is 0 Å². The summed E-state index contributed by atoms with van der Waals surface area (Å²) in [6, 6.07) is 0. The van der Waals surface area contributed by atoms with Crippen molar-refractivity contribution in [3.05, 3.63) is 20.9 Å². The van der Waals surface area contributed by atoms with Crippen LogP contribution in [0.4, 0.5) is 0 Å². The number of hydrogen-bond acceptors (Lipinski definition) is 0. The minimum absolute atomic E-state index is 0.265. The first kappa shape index (κ1) is 9.19. The van der Waals surface area contributed by atoms with Crippen LogP contribution in [0.2, 0.25) is 0 Å². The van der Waals surface area contributed by atoms with Gasteiger partial charge in [-0.1, -0.05) is 0 Å². The molecule has 0 fully saturated rings. The second-order valence-corrected chi connectivity index (χ2v) is 4.61. The van der Waals surface area contributed by atoms with Crippen LogP contribution in [-0.2, 0) is 18.3 Å². The molecule has 64 valence electrons. The maximum absolute atomic E-state index is 3.07.